The number of carbonyl (C=O) groups is 4. The van der Waals surface area contributed by atoms with Gasteiger partial charge in [0, 0.05) is 16.0 Å². The highest BCUT2D eigenvalue weighted by molar-refractivity contribution is 9.10. The third kappa shape index (κ3) is 3.93. The number of hydrogen-bond donors (Lipinski definition) is 1. The number of amides is 4. The minimum atomic E-state index is -1.22. The molecule has 6 atom stereocenters. The average Bonchev–Trinajstić information content (AvgIpc) is 3.39. The molecule has 3 aromatic rings. The number of hydrogen-bond acceptors (Lipinski definition) is 5. The van der Waals surface area contributed by atoms with Crippen LogP contribution in [0.5, 0.6) is 5.75 Å². The summed E-state index contributed by atoms with van der Waals surface area (Å²) < 4.78 is 0.835. The first-order valence-electron chi connectivity index (χ1n) is 14.9. The highest BCUT2D eigenvalue weighted by Crippen LogP contribution is 2.64. The van der Waals surface area contributed by atoms with Crippen molar-refractivity contribution in [3.63, 3.8) is 0 Å². The Labute approximate surface area is 264 Å². The number of anilines is 2. The first kappa shape index (κ1) is 28.5. The molecule has 7 nitrogen and oxygen atoms in total. The fourth-order valence-electron chi connectivity index (χ4n) is 8.19. The third-order valence-corrected chi connectivity index (χ3v) is 10.7. The summed E-state index contributed by atoms with van der Waals surface area (Å²) in [4.78, 5) is 59.3. The van der Waals surface area contributed by atoms with E-state index in [1.165, 1.54) is 9.80 Å². The number of benzene rings is 3. The predicted molar refractivity (Wildman–Crippen MR) is 170 cm³/mol. The van der Waals surface area contributed by atoms with Crippen LogP contribution in [0.15, 0.2) is 102 Å². The number of fused-ring (bicyclic) bond motifs is 4. The summed E-state index contributed by atoms with van der Waals surface area (Å²) in [5, 5.41) is 11.6. The van der Waals surface area contributed by atoms with Crippen LogP contribution in [0.2, 0.25) is 0 Å². The Morgan fingerprint density at radius 3 is 2.30 bits per heavy atom. The van der Waals surface area contributed by atoms with Gasteiger partial charge in [0.1, 0.15) is 5.75 Å². The minimum absolute atomic E-state index is 0.0600. The van der Waals surface area contributed by atoms with Crippen LogP contribution in [0.1, 0.15) is 36.8 Å². The lowest BCUT2D eigenvalue weighted by atomic mass is 9.51. The van der Waals surface area contributed by atoms with Crippen molar-refractivity contribution in [1.29, 1.82) is 0 Å². The zero-order valence-electron chi connectivity index (χ0n) is 24.2. The van der Waals surface area contributed by atoms with Gasteiger partial charge in [-0.3, -0.25) is 24.1 Å². The third-order valence-electron chi connectivity index (χ3n) is 10.2. The van der Waals surface area contributed by atoms with Crippen LogP contribution in [0.25, 0.3) is 0 Å². The summed E-state index contributed by atoms with van der Waals surface area (Å²) in [5.74, 6) is -4.26. The maximum Gasteiger partial charge on any atom is 0.241 e. The molecular formula is C36H31BrN2O5. The molecule has 0 radical (unpaired) electrons. The van der Waals surface area contributed by atoms with Gasteiger partial charge in [0.2, 0.25) is 23.6 Å². The molecule has 3 aromatic carbocycles. The number of phenolic OH excluding ortho intramolecular Hbond substituents is 1. The highest BCUT2D eigenvalue weighted by Gasteiger charge is 2.68. The quantitative estimate of drug-likeness (QED) is 0.258. The van der Waals surface area contributed by atoms with Gasteiger partial charge in [0.15, 0.2) is 0 Å². The van der Waals surface area contributed by atoms with E-state index in [4.69, 9.17) is 0 Å². The summed E-state index contributed by atoms with van der Waals surface area (Å²) in [6.45, 7) is 5.64. The van der Waals surface area contributed by atoms with Crippen molar-refractivity contribution in [1.82, 2.24) is 0 Å². The normalized spacial score (nSPS) is 29.3. The molecule has 4 amide bonds. The van der Waals surface area contributed by atoms with E-state index in [0.717, 1.165) is 10.0 Å². The Hall–Kier alpha value is -4.30. The molecule has 2 aliphatic heterocycles. The largest absolute Gasteiger partial charge is 0.507 e. The van der Waals surface area contributed by atoms with E-state index in [9.17, 15) is 24.3 Å². The first-order valence-corrected chi connectivity index (χ1v) is 15.7. The van der Waals surface area contributed by atoms with Crippen LogP contribution in [-0.4, -0.2) is 28.7 Å². The van der Waals surface area contributed by atoms with Crippen LogP contribution < -0.4 is 9.80 Å². The fraction of sp³-hybridized carbons (Fsp3) is 0.278. The monoisotopic (exact) mass is 650 g/mol. The van der Waals surface area contributed by atoms with E-state index in [2.05, 4.69) is 22.5 Å². The lowest BCUT2D eigenvalue weighted by molar-refractivity contribution is -0.131. The molecule has 1 saturated carbocycles. The lowest BCUT2D eigenvalue weighted by Crippen LogP contribution is -2.49. The van der Waals surface area contributed by atoms with E-state index >= 15 is 0 Å². The summed E-state index contributed by atoms with van der Waals surface area (Å²) in [6.07, 6.45) is 4.73. The van der Waals surface area contributed by atoms with Crippen LogP contribution in [-0.2, 0) is 25.6 Å². The number of halogens is 1. The molecule has 44 heavy (non-hydrogen) atoms. The van der Waals surface area contributed by atoms with Gasteiger partial charge >= 0.3 is 0 Å². The Morgan fingerprint density at radius 2 is 1.59 bits per heavy atom. The number of imide groups is 2. The van der Waals surface area contributed by atoms with Crippen molar-refractivity contribution in [3.05, 3.63) is 113 Å². The lowest BCUT2D eigenvalue weighted by Gasteiger charge is -2.49. The first-order chi connectivity index (χ1) is 21.2. The Balaban J connectivity index is 1.39. The molecule has 2 heterocycles. The van der Waals surface area contributed by atoms with E-state index in [-0.39, 0.29) is 35.8 Å². The summed E-state index contributed by atoms with van der Waals surface area (Å²) in [6, 6.07) is 21.4. The standard InChI is InChI=1S/C36H31BrN2O5/c1-3-8-20-9-7-12-26(31(20)40)30-24-17-18-25-29(34(43)38(32(25)41)23-15-13-21(37)14-16-23)27(24)19-28-33(42)39(35(44)36(28,30)2)22-10-5-4-6-11-22/h3-7,9-17,25,27-30,40H,1,8,18-19H2,2H3. The molecular weight excluding hydrogens is 620 g/mol. The van der Waals surface area contributed by atoms with E-state index < -0.39 is 35.0 Å². The second kappa shape index (κ2) is 10.4. The van der Waals surface area contributed by atoms with Gasteiger partial charge < -0.3 is 5.11 Å². The molecule has 6 unspecified atom stereocenters. The smallest absolute Gasteiger partial charge is 0.241 e. The molecule has 222 valence electrons. The van der Waals surface area contributed by atoms with Crippen molar-refractivity contribution in [2.75, 3.05) is 9.80 Å². The summed E-state index contributed by atoms with van der Waals surface area (Å²) in [5.41, 5.74) is 1.83. The van der Waals surface area contributed by atoms with Crippen molar-refractivity contribution >= 4 is 50.9 Å². The molecule has 8 heteroatoms. The van der Waals surface area contributed by atoms with Crippen molar-refractivity contribution in [3.8, 4) is 5.75 Å². The molecule has 0 aromatic heterocycles. The number of para-hydroxylation sites is 2. The second-order valence-corrected chi connectivity index (χ2v) is 13.2. The Kier molecular flexibility index (Phi) is 6.73. The Morgan fingerprint density at radius 1 is 0.886 bits per heavy atom. The SMILES string of the molecule is C=CCc1cccc(C2C3=CCC4C(=O)N(c5ccc(Br)cc5)C(=O)C4C3CC3C(=O)N(c4ccccc4)C(=O)C32C)c1O. The van der Waals surface area contributed by atoms with Crippen LogP contribution >= 0.6 is 15.9 Å². The van der Waals surface area contributed by atoms with Gasteiger partial charge in [-0.1, -0.05) is 70.1 Å². The van der Waals surface area contributed by atoms with Crippen molar-refractivity contribution < 1.29 is 24.3 Å². The van der Waals surface area contributed by atoms with Gasteiger partial charge in [0.25, 0.3) is 0 Å². The number of phenols is 1. The topological polar surface area (TPSA) is 95.0 Å². The van der Waals surface area contributed by atoms with Crippen LogP contribution in [0, 0.1) is 29.1 Å². The number of rotatable bonds is 5. The predicted octanol–water partition coefficient (Wildman–Crippen LogP) is 6.32. The van der Waals surface area contributed by atoms with Gasteiger partial charge in [-0.15, -0.1) is 6.58 Å². The molecule has 7 rings (SSSR count). The van der Waals surface area contributed by atoms with E-state index in [1.807, 2.05) is 37.3 Å². The van der Waals surface area contributed by atoms with Gasteiger partial charge in [-0.2, -0.15) is 0 Å². The summed E-state index contributed by atoms with van der Waals surface area (Å²) in [7, 11) is 0. The molecule has 4 aliphatic rings. The molecule has 3 fully saturated rings. The zero-order chi connectivity index (χ0) is 30.9. The van der Waals surface area contributed by atoms with E-state index in [0.29, 0.717) is 35.3 Å². The maximum absolute atomic E-state index is 14.5. The number of nitrogens with zero attached hydrogens (tertiary/aromatic N) is 2. The van der Waals surface area contributed by atoms with Crippen molar-refractivity contribution in [2.45, 2.75) is 32.1 Å². The minimum Gasteiger partial charge on any atom is -0.507 e. The van der Waals surface area contributed by atoms with E-state index in [1.54, 1.807) is 54.6 Å². The summed E-state index contributed by atoms with van der Waals surface area (Å²) >= 11 is 3.42. The maximum atomic E-state index is 14.5. The molecule has 0 bridgehead atoms. The highest BCUT2D eigenvalue weighted by atomic mass is 79.9. The van der Waals surface area contributed by atoms with Crippen LogP contribution in [0.4, 0.5) is 11.4 Å². The van der Waals surface area contributed by atoms with Gasteiger partial charge in [0.05, 0.1) is 34.5 Å². The number of aromatic hydroxyl groups is 1. The molecule has 0 spiro atoms. The Bertz CT molecular complexity index is 1770. The van der Waals surface area contributed by atoms with Gasteiger partial charge in [-0.25, -0.2) is 4.90 Å². The molecule has 2 aliphatic carbocycles. The molecule has 2 saturated heterocycles. The zero-order valence-corrected chi connectivity index (χ0v) is 25.7. The average molecular weight is 652 g/mol. The number of carbonyl (C=O) groups excluding carboxylic acids is 4. The second-order valence-electron chi connectivity index (χ2n) is 12.3. The molecule has 1 N–H and O–H groups in total. The van der Waals surface area contributed by atoms with Crippen LogP contribution in [0.3, 0.4) is 0 Å². The number of allylic oxidation sites excluding steroid dienone is 3. The van der Waals surface area contributed by atoms with Gasteiger partial charge in [-0.05, 0) is 74.1 Å². The fourth-order valence-corrected chi connectivity index (χ4v) is 8.46. The van der Waals surface area contributed by atoms with Crippen molar-refractivity contribution in [2.24, 2.45) is 29.1 Å².